The molecule has 0 bridgehead atoms. The minimum absolute atomic E-state index is 0.0602. The van der Waals surface area contributed by atoms with Crippen molar-refractivity contribution < 1.29 is 4.74 Å². The number of ether oxygens (including phenoxy) is 1. The molecule has 4 nitrogen and oxygen atoms in total. The summed E-state index contributed by atoms with van der Waals surface area (Å²) in [5.41, 5.74) is 5.72. The third-order valence-corrected chi connectivity index (χ3v) is 2.33. The van der Waals surface area contributed by atoms with Gasteiger partial charge in [0.2, 0.25) is 0 Å². The van der Waals surface area contributed by atoms with Gasteiger partial charge < -0.3 is 15.8 Å². The molecule has 13 heavy (non-hydrogen) atoms. The highest BCUT2D eigenvalue weighted by molar-refractivity contribution is 7.09. The van der Waals surface area contributed by atoms with Crippen molar-refractivity contribution in [3.8, 4) is 0 Å². The van der Waals surface area contributed by atoms with Gasteiger partial charge in [-0.25, -0.2) is 4.98 Å². The van der Waals surface area contributed by atoms with Crippen LogP contribution in [0.25, 0.3) is 0 Å². The zero-order valence-corrected chi connectivity index (χ0v) is 8.51. The maximum absolute atomic E-state index is 5.72. The molecule has 1 atom stereocenters. The molecule has 0 saturated carbocycles. The van der Waals surface area contributed by atoms with E-state index in [1.54, 1.807) is 24.6 Å². The fraction of sp³-hybridized carbons (Fsp3) is 0.625. The third-order valence-electron chi connectivity index (χ3n) is 1.55. The predicted octanol–water partition coefficient (Wildman–Crippen LogP) is 0.206. The fourth-order valence-electron chi connectivity index (χ4n) is 0.978. The maximum Gasteiger partial charge on any atom is 0.106 e. The molecular weight excluding hydrogens is 186 g/mol. The molecule has 5 heteroatoms. The number of hydrogen-bond acceptors (Lipinski definition) is 5. The lowest BCUT2D eigenvalue weighted by molar-refractivity contribution is 0.179. The zero-order chi connectivity index (χ0) is 9.52. The van der Waals surface area contributed by atoms with E-state index in [2.05, 4.69) is 10.3 Å². The van der Waals surface area contributed by atoms with E-state index in [9.17, 15) is 0 Å². The summed E-state index contributed by atoms with van der Waals surface area (Å²) in [6.45, 7) is 2.13. The molecule has 1 rings (SSSR count). The minimum Gasteiger partial charge on any atom is -0.383 e. The first kappa shape index (κ1) is 10.6. The summed E-state index contributed by atoms with van der Waals surface area (Å²) in [4.78, 5) is 4.14. The quantitative estimate of drug-likeness (QED) is 0.690. The van der Waals surface area contributed by atoms with Crippen LogP contribution in [0.5, 0.6) is 0 Å². The summed E-state index contributed by atoms with van der Waals surface area (Å²) in [5, 5.41) is 6.27. The maximum atomic E-state index is 5.72. The molecule has 0 saturated heterocycles. The molecule has 3 N–H and O–H groups in total. The number of nitrogens with two attached hydrogens (primary N) is 1. The van der Waals surface area contributed by atoms with Crippen molar-refractivity contribution in [1.82, 2.24) is 10.3 Å². The molecule has 1 heterocycles. The van der Waals surface area contributed by atoms with Crippen LogP contribution in [0.3, 0.4) is 0 Å². The van der Waals surface area contributed by atoms with Crippen LogP contribution >= 0.6 is 11.3 Å². The molecule has 0 spiro atoms. The number of nitrogens with zero attached hydrogens (tertiary/aromatic N) is 1. The first-order chi connectivity index (χ1) is 6.33. The van der Waals surface area contributed by atoms with E-state index < -0.39 is 0 Å². The fourth-order valence-corrected chi connectivity index (χ4v) is 1.56. The van der Waals surface area contributed by atoms with Gasteiger partial charge in [0, 0.05) is 37.8 Å². The number of hydrogen-bond donors (Lipinski definition) is 2. The highest BCUT2D eigenvalue weighted by Gasteiger charge is 2.01. The van der Waals surface area contributed by atoms with E-state index in [-0.39, 0.29) is 6.04 Å². The van der Waals surface area contributed by atoms with Crippen LogP contribution in [0, 0.1) is 0 Å². The normalized spacial score (nSPS) is 13.1. The van der Waals surface area contributed by atoms with E-state index in [1.807, 2.05) is 5.38 Å². The average molecular weight is 201 g/mol. The van der Waals surface area contributed by atoms with Gasteiger partial charge in [0.25, 0.3) is 0 Å². The van der Waals surface area contributed by atoms with Gasteiger partial charge in [-0.1, -0.05) is 0 Å². The number of nitrogens with one attached hydrogen (secondary N) is 1. The highest BCUT2D eigenvalue weighted by Crippen LogP contribution is 2.02. The van der Waals surface area contributed by atoms with E-state index in [0.717, 1.165) is 18.1 Å². The van der Waals surface area contributed by atoms with Crippen LogP contribution in [-0.4, -0.2) is 31.3 Å². The Kier molecular flexibility index (Phi) is 4.92. The Balaban J connectivity index is 2.07. The Labute approximate surface area is 82.1 Å². The van der Waals surface area contributed by atoms with E-state index >= 15 is 0 Å². The van der Waals surface area contributed by atoms with Crippen molar-refractivity contribution in [3.05, 3.63) is 16.6 Å². The second-order valence-corrected chi connectivity index (χ2v) is 3.75. The monoisotopic (exact) mass is 201 g/mol. The molecule has 0 fully saturated rings. The topological polar surface area (TPSA) is 60.2 Å². The van der Waals surface area contributed by atoms with Gasteiger partial charge in [-0.15, -0.1) is 11.3 Å². The highest BCUT2D eigenvalue weighted by atomic mass is 32.1. The van der Waals surface area contributed by atoms with Gasteiger partial charge in [0.1, 0.15) is 5.01 Å². The largest absolute Gasteiger partial charge is 0.383 e. The minimum atomic E-state index is 0.0602. The lowest BCUT2D eigenvalue weighted by Gasteiger charge is -2.10. The Bertz CT molecular complexity index is 215. The molecule has 0 aromatic carbocycles. The molecule has 0 radical (unpaired) electrons. The van der Waals surface area contributed by atoms with E-state index in [1.165, 1.54) is 0 Å². The van der Waals surface area contributed by atoms with Crippen molar-refractivity contribution in [2.45, 2.75) is 12.6 Å². The molecule has 0 aliphatic rings. The summed E-state index contributed by atoms with van der Waals surface area (Å²) in [7, 11) is 1.65. The SMILES string of the molecule is COCC(N)CNCc1nccs1. The standard InChI is InChI=1S/C8H15N3OS/c1-12-6-7(9)4-10-5-8-11-2-3-13-8/h2-3,7,10H,4-6,9H2,1H3. The van der Waals surface area contributed by atoms with Crippen molar-refractivity contribution >= 4 is 11.3 Å². The van der Waals surface area contributed by atoms with Crippen LogP contribution in [0.4, 0.5) is 0 Å². The first-order valence-corrected chi connectivity index (χ1v) is 5.04. The Morgan fingerprint density at radius 2 is 2.62 bits per heavy atom. The summed E-state index contributed by atoms with van der Waals surface area (Å²) in [5.74, 6) is 0. The summed E-state index contributed by atoms with van der Waals surface area (Å²) in [6, 6.07) is 0.0602. The Hall–Kier alpha value is -0.490. The molecule has 1 unspecified atom stereocenters. The Morgan fingerprint density at radius 1 is 1.77 bits per heavy atom. The molecule has 0 aliphatic heterocycles. The van der Waals surface area contributed by atoms with Gasteiger partial charge in [0.05, 0.1) is 6.61 Å². The number of thiazole rings is 1. The third kappa shape index (κ3) is 4.33. The molecule has 74 valence electrons. The first-order valence-electron chi connectivity index (χ1n) is 4.16. The lowest BCUT2D eigenvalue weighted by Crippen LogP contribution is -2.36. The molecular formula is C8H15N3OS. The number of rotatable bonds is 6. The molecule has 1 aromatic rings. The van der Waals surface area contributed by atoms with E-state index in [0.29, 0.717) is 6.61 Å². The summed E-state index contributed by atoms with van der Waals surface area (Å²) in [6.07, 6.45) is 1.80. The second kappa shape index (κ2) is 6.04. The van der Waals surface area contributed by atoms with Gasteiger partial charge >= 0.3 is 0 Å². The van der Waals surface area contributed by atoms with Gasteiger partial charge in [0.15, 0.2) is 0 Å². The molecule has 0 aliphatic carbocycles. The van der Waals surface area contributed by atoms with Crippen LogP contribution in [0.15, 0.2) is 11.6 Å². The van der Waals surface area contributed by atoms with Crippen molar-refractivity contribution in [2.75, 3.05) is 20.3 Å². The average Bonchev–Trinajstić information content (AvgIpc) is 2.57. The smallest absolute Gasteiger partial charge is 0.106 e. The summed E-state index contributed by atoms with van der Waals surface area (Å²) >= 11 is 1.64. The van der Waals surface area contributed by atoms with E-state index in [4.69, 9.17) is 10.5 Å². The number of aromatic nitrogens is 1. The molecule has 1 aromatic heterocycles. The predicted molar refractivity (Wildman–Crippen MR) is 53.7 cm³/mol. The van der Waals surface area contributed by atoms with Crippen molar-refractivity contribution in [2.24, 2.45) is 5.73 Å². The van der Waals surface area contributed by atoms with Gasteiger partial charge in [-0.3, -0.25) is 0 Å². The van der Waals surface area contributed by atoms with Crippen LogP contribution < -0.4 is 11.1 Å². The zero-order valence-electron chi connectivity index (χ0n) is 7.69. The van der Waals surface area contributed by atoms with Crippen molar-refractivity contribution in [1.29, 1.82) is 0 Å². The van der Waals surface area contributed by atoms with Crippen molar-refractivity contribution in [3.63, 3.8) is 0 Å². The van der Waals surface area contributed by atoms with Crippen LogP contribution in [0.2, 0.25) is 0 Å². The van der Waals surface area contributed by atoms with Gasteiger partial charge in [-0.05, 0) is 0 Å². The lowest BCUT2D eigenvalue weighted by atomic mass is 10.3. The van der Waals surface area contributed by atoms with Gasteiger partial charge in [-0.2, -0.15) is 0 Å². The van der Waals surface area contributed by atoms with Crippen LogP contribution in [-0.2, 0) is 11.3 Å². The number of methoxy groups -OCH3 is 1. The summed E-state index contributed by atoms with van der Waals surface area (Å²) < 4.78 is 4.91. The van der Waals surface area contributed by atoms with Crippen LogP contribution in [0.1, 0.15) is 5.01 Å². The molecule has 0 amide bonds. The second-order valence-electron chi connectivity index (χ2n) is 2.77. The Morgan fingerprint density at radius 3 is 3.23 bits per heavy atom.